The summed E-state index contributed by atoms with van der Waals surface area (Å²) in [5, 5.41) is 0.525. The molecule has 0 N–H and O–H groups in total. The number of benzene rings is 2. The maximum absolute atomic E-state index is 12.8. The molecule has 0 aliphatic carbocycles. The van der Waals surface area contributed by atoms with Gasteiger partial charge in [0, 0.05) is 11.1 Å². The van der Waals surface area contributed by atoms with Crippen molar-refractivity contribution in [2.45, 2.75) is 6.18 Å². The Labute approximate surface area is 156 Å². The van der Waals surface area contributed by atoms with Crippen LogP contribution in [-0.4, -0.2) is 9.97 Å². The van der Waals surface area contributed by atoms with Crippen LogP contribution in [0.5, 0.6) is 11.6 Å². The largest absolute Gasteiger partial charge is 0.439 e. The van der Waals surface area contributed by atoms with Crippen molar-refractivity contribution >= 4 is 22.7 Å². The molecule has 0 aliphatic rings. The van der Waals surface area contributed by atoms with Gasteiger partial charge in [-0.25, -0.2) is 9.97 Å². The molecular formula is C19H10ClF3N2O2. The van der Waals surface area contributed by atoms with Crippen molar-refractivity contribution in [1.82, 2.24) is 9.97 Å². The third-order valence-electron chi connectivity index (χ3n) is 3.68. The Morgan fingerprint density at radius 2 is 1.74 bits per heavy atom. The van der Waals surface area contributed by atoms with E-state index in [9.17, 15) is 13.2 Å². The smallest absolute Gasteiger partial charge is 0.416 e. The molecule has 8 heteroatoms. The first-order valence-corrected chi connectivity index (χ1v) is 8.15. The summed E-state index contributed by atoms with van der Waals surface area (Å²) in [6.07, 6.45) is -4.45. The number of hydrogen-bond donors (Lipinski definition) is 0. The molecule has 0 aliphatic heterocycles. The number of nitrogens with zero attached hydrogens (tertiary/aromatic N) is 2. The van der Waals surface area contributed by atoms with Crippen LogP contribution in [0, 0.1) is 0 Å². The Bertz CT molecular complexity index is 1130. The standard InChI is InChI=1S/C19H10ClF3N2O2/c20-12-7-8-16-15(10-12)25-18(27-16)14-5-2-6-17(24-14)26-13-4-1-3-11(9-13)19(21,22)23/h1-10H. The number of ether oxygens (including phenoxy) is 1. The highest BCUT2D eigenvalue weighted by atomic mass is 35.5. The van der Waals surface area contributed by atoms with Gasteiger partial charge < -0.3 is 9.15 Å². The third-order valence-corrected chi connectivity index (χ3v) is 3.91. The molecule has 0 bridgehead atoms. The average Bonchev–Trinajstić information content (AvgIpc) is 3.05. The lowest BCUT2D eigenvalue weighted by Gasteiger charge is -2.09. The summed E-state index contributed by atoms with van der Waals surface area (Å²) in [6.45, 7) is 0. The molecule has 136 valence electrons. The monoisotopic (exact) mass is 390 g/mol. The van der Waals surface area contributed by atoms with E-state index in [1.807, 2.05) is 0 Å². The Morgan fingerprint density at radius 1 is 0.926 bits per heavy atom. The second-order valence-electron chi connectivity index (χ2n) is 5.62. The Balaban J connectivity index is 1.64. The highest BCUT2D eigenvalue weighted by Crippen LogP contribution is 2.33. The molecule has 0 fully saturated rings. The van der Waals surface area contributed by atoms with Crippen LogP contribution < -0.4 is 4.74 Å². The highest BCUT2D eigenvalue weighted by Gasteiger charge is 2.30. The van der Waals surface area contributed by atoms with Crippen molar-refractivity contribution in [1.29, 1.82) is 0 Å². The molecule has 4 nitrogen and oxygen atoms in total. The summed E-state index contributed by atoms with van der Waals surface area (Å²) in [4.78, 5) is 8.58. The average molecular weight is 391 g/mol. The van der Waals surface area contributed by atoms with E-state index in [-0.39, 0.29) is 17.5 Å². The third kappa shape index (κ3) is 3.73. The zero-order chi connectivity index (χ0) is 19.0. The van der Waals surface area contributed by atoms with Crippen molar-refractivity contribution in [3.8, 4) is 23.2 Å². The maximum Gasteiger partial charge on any atom is 0.416 e. The van der Waals surface area contributed by atoms with Crippen LogP contribution in [0.25, 0.3) is 22.7 Å². The first-order chi connectivity index (χ1) is 12.9. The predicted octanol–water partition coefficient (Wildman–Crippen LogP) is 6.35. The molecule has 4 rings (SSSR count). The van der Waals surface area contributed by atoms with Crippen LogP contribution in [-0.2, 0) is 6.18 Å². The van der Waals surface area contributed by atoms with E-state index < -0.39 is 11.7 Å². The molecule has 2 aromatic carbocycles. The Hall–Kier alpha value is -3.06. The first kappa shape index (κ1) is 17.4. The summed E-state index contributed by atoms with van der Waals surface area (Å²) >= 11 is 5.94. The van der Waals surface area contributed by atoms with E-state index >= 15 is 0 Å². The predicted molar refractivity (Wildman–Crippen MR) is 93.8 cm³/mol. The van der Waals surface area contributed by atoms with Gasteiger partial charge >= 0.3 is 6.18 Å². The fraction of sp³-hybridized carbons (Fsp3) is 0.0526. The molecule has 0 unspecified atom stereocenters. The normalized spacial score (nSPS) is 11.7. The molecular weight excluding hydrogens is 381 g/mol. The van der Waals surface area contributed by atoms with Crippen molar-refractivity contribution in [3.63, 3.8) is 0 Å². The molecule has 4 aromatic rings. The molecule has 2 aromatic heterocycles. The lowest BCUT2D eigenvalue weighted by atomic mass is 10.2. The fourth-order valence-electron chi connectivity index (χ4n) is 2.46. The number of rotatable bonds is 3. The van der Waals surface area contributed by atoms with E-state index in [2.05, 4.69) is 9.97 Å². The van der Waals surface area contributed by atoms with Crippen LogP contribution in [0.15, 0.2) is 65.1 Å². The van der Waals surface area contributed by atoms with Crippen molar-refractivity contribution in [2.24, 2.45) is 0 Å². The van der Waals surface area contributed by atoms with Crippen molar-refractivity contribution < 1.29 is 22.3 Å². The molecule has 0 radical (unpaired) electrons. The molecule has 0 saturated carbocycles. The van der Waals surface area contributed by atoms with Gasteiger partial charge in [-0.15, -0.1) is 0 Å². The van der Waals surface area contributed by atoms with Crippen molar-refractivity contribution in [2.75, 3.05) is 0 Å². The zero-order valence-electron chi connectivity index (χ0n) is 13.5. The fourth-order valence-corrected chi connectivity index (χ4v) is 2.62. The van der Waals surface area contributed by atoms with Crippen LogP contribution in [0.3, 0.4) is 0 Å². The first-order valence-electron chi connectivity index (χ1n) is 7.77. The van der Waals surface area contributed by atoms with Gasteiger partial charge in [0.1, 0.15) is 17.0 Å². The number of fused-ring (bicyclic) bond motifs is 1. The number of pyridine rings is 1. The van der Waals surface area contributed by atoms with Gasteiger partial charge in [-0.2, -0.15) is 13.2 Å². The van der Waals surface area contributed by atoms with Crippen LogP contribution in [0.4, 0.5) is 13.2 Å². The van der Waals surface area contributed by atoms with Crippen LogP contribution >= 0.6 is 11.6 Å². The number of halogens is 4. The van der Waals surface area contributed by atoms with Crippen LogP contribution in [0.2, 0.25) is 5.02 Å². The highest BCUT2D eigenvalue weighted by molar-refractivity contribution is 6.31. The summed E-state index contributed by atoms with van der Waals surface area (Å²) in [7, 11) is 0. The van der Waals surface area contributed by atoms with Gasteiger partial charge in [0.25, 0.3) is 0 Å². The quantitative estimate of drug-likeness (QED) is 0.408. The number of aromatic nitrogens is 2. The molecule has 0 spiro atoms. The second-order valence-corrected chi connectivity index (χ2v) is 6.06. The number of oxazole rings is 1. The molecule has 0 atom stereocenters. The van der Waals surface area contributed by atoms with E-state index in [1.54, 1.807) is 30.3 Å². The molecule has 27 heavy (non-hydrogen) atoms. The SMILES string of the molecule is FC(F)(F)c1cccc(Oc2cccc(-c3nc4cc(Cl)ccc4o3)n2)c1. The lowest BCUT2D eigenvalue weighted by Crippen LogP contribution is -2.04. The van der Waals surface area contributed by atoms with E-state index in [0.717, 1.165) is 12.1 Å². The van der Waals surface area contributed by atoms with E-state index in [4.69, 9.17) is 20.8 Å². The molecule has 2 heterocycles. The zero-order valence-corrected chi connectivity index (χ0v) is 14.3. The van der Waals surface area contributed by atoms with Crippen molar-refractivity contribution in [3.05, 3.63) is 71.2 Å². The van der Waals surface area contributed by atoms with Gasteiger partial charge in [-0.3, -0.25) is 0 Å². The topological polar surface area (TPSA) is 48.2 Å². The van der Waals surface area contributed by atoms with E-state index in [0.29, 0.717) is 21.8 Å². The summed E-state index contributed by atoms with van der Waals surface area (Å²) in [5.74, 6) is 0.396. The minimum Gasteiger partial charge on any atom is -0.439 e. The minimum atomic E-state index is -4.45. The van der Waals surface area contributed by atoms with Gasteiger partial charge in [0.2, 0.25) is 11.8 Å². The molecule has 0 saturated heterocycles. The van der Waals surface area contributed by atoms with E-state index in [1.165, 1.54) is 18.2 Å². The van der Waals surface area contributed by atoms with Gasteiger partial charge in [-0.05, 0) is 42.5 Å². The summed E-state index contributed by atoms with van der Waals surface area (Å²) in [6, 6.07) is 14.4. The summed E-state index contributed by atoms with van der Waals surface area (Å²) < 4.78 is 49.6. The van der Waals surface area contributed by atoms with Gasteiger partial charge in [0.05, 0.1) is 5.56 Å². The van der Waals surface area contributed by atoms with Gasteiger partial charge in [-0.1, -0.05) is 23.7 Å². The van der Waals surface area contributed by atoms with Gasteiger partial charge in [0.15, 0.2) is 5.58 Å². The second kappa shape index (κ2) is 6.59. The minimum absolute atomic E-state index is 0.0267. The van der Waals surface area contributed by atoms with Crippen LogP contribution in [0.1, 0.15) is 5.56 Å². The lowest BCUT2D eigenvalue weighted by molar-refractivity contribution is -0.137. The maximum atomic E-state index is 12.8. The summed E-state index contributed by atoms with van der Waals surface area (Å²) in [5.41, 5.74) is 0.697. The number of hydrogen-bond acceptors (Lipinski definition) is 4. The molecule has 0 amide bonds. The Kier molecular flexibility index (Phi) is 4.24. The number of alkyl halides is 3. The Morgan fingerprint density at radius 3 is 2.56 bits per heavy atom.